The van der Waals surface area contributed by atoms with Crippen molar-refractivity contribution in [2.75, 3.05) is 13.2 Å². The molecule has 0 aromatic heterocycles. The smallest absolute Gasteiger partial charge is 0.0692 e. The van der Waals surface area contributed by atoms with Crippen LogP contribution in [0.3, 0.4) is 0 Å². The Bertz CT molecular complexity index is 109. The Labute approximate surface area is 48.1 Å². The monoisotopic (exact) mass is 112 g/mol. The first-order chi connectivity index (χ1) is 3.91. The number of hydrogen-bond donors (Lipinski definition) is 2. The van der Waals surface area contributed by atoms with Crippen LogP contribution < -0.4 is 0 Å². The summed E-state index contributed by atoms with van der Waals surface area (Å²) < 4.78 is 0. The molecule has 2 N–H and O–H groups in total. The lowest BCUT2D eigenvalue weighted by Crippen LogP contribution is -1.66. The van der Waals surface area contributed by atoms with Crippen LogP contribution in [0.1, 0.15) is 0 Å². The second-order valence-corrected chi connectivity index (χ2v) is 1.06. The van der Waals surface area contributed by atoms with Crippen molar-refractivity contribution in [2.45, 2.75) is 0 Å². The van der Waals surface area contributed by atoms with Crippen molar-refractivity contribution in [1.82, 2.24) is 0 Å². The lowest BCUT2D eigenvalue weighted by molar-refractivity contribution is 0.342. The van der Waals surface area contributed by atoms with E-state index in [1.807, 2.05) is 0 Å². The Morgan fingerprint density at radius 1 is 1.00 bits per heavy atom. The molecule has 0 aromatic rings. The molecule has 0 rings (SSSR count). The molecular weight excluding hydrogens is 104 g/mol. The SMILES string of the molecule is OCC=C=C=CCO. The van der Waals surface area contributed by atoms with Crippen molar-refractivity contribution in [3.8, 4) is 0 Å². The molecule has 2 heteroatoms. The van der Waals surface area contributed by atoms with E-state index < -0.39 is 0 Å². The van der Waals surface area contributed by atoms with Crippen LogP contribution in [0.5, 0.6) is 0 Å². The van der Waals surface area contributed by atoms with Gasteiger partial charge in [0.1, 0.15) is 0 Å². The molecule has 0 aliphatic heterocycles. The largest absolute Gasteiger partial charge is 0.392 e. The van der Waals surface area contributed by atoms with Gasteiger partial charge in [-0.05, 0) is 12.2 Å². The molecule has 0 aliphatic rings. The third-order valence-corrected chi connectivity index (χ3v) is 0.470. The molecule has 8 heavy (non-hydrogen) atoms. The van der Waals surface area contributed by atoms with E-state index in [2.05, 4.69) is 11.5 Å². The predicted molar refractivity (Wildman–Crippen MR) is 30.3 cm³/mol. The van der Waals surface area contributed by atoms with Crippen LogP contribution in [0, 0.1) is 0 Å². The van der Waals surface area contributed by atoms with Gasteiger partial charge >= 0.3 is 0 Å². The second kappa shape index (κ2) is 6.22. The van der Waals surface area contributed by atoms with E-state index >= 15 is 0 Å². The maximum atomic E-state index is 8.13. The van der Waals surface area contributed by atoms with Crippen LogP contribution in [0.25, 0.3) is 0 Å². The number of rotatable bonds is 2. The predicted octanol–water partition coefficient (Wildman–Crippen LogP) is -0.163. The molecule has 0 fully saturated rings. The maximum absolute atomic E-state index is 8.13. The Morgan fingerprint density at radius 2 is 1.38 bits per heavy atom. The number of hydrogen-bond acceptors (Lipinski definition) is 2. The zero-order valence-corrected chi connectivity index (χ0v) is 4.46. The summed E-state index contributed by atoms with van der Waals surface area (Å²) in [6.07, 6.45) is 2.82. The van der Waals surface area contributed by atoms with Crippen molar-refractivity contribution in [2.24, 2.45) is 0 Å². The summed E-state index contributed by atoms with van der Waals surface area (Å²) in [5, 5.41) is 16.3. The summed E-state index contributed by atoms with van der Waals surface area (Å²) in [4.78, 5) is 0. The molecule has 2 nitrogen and oxygen atoms in total. The molecule has 0 aliphatic carbocycles. The zero-order valence-electron chi connectivity index (χ0n) is 4.46. The van der Waals surface area contributed by atoms with Crippen molar-refractivity contribution in [1.29, 1.82) is 0 Å². The van der Waals surface area contributed by atoms with Crippen LogP contribution in [0.15, 0.2) is 23.6 Å². The van der Waals surface area contributed by atoms with E-state index in [9.17, 15) is 0 Å². The number of aliphatic hydroxyl groups is 2. The molecule has 0 radical (unpaired) electrons. The van der Waals surface area contributed by atoms with Crippen LogP contribution >= 0.6 is 0 Å². The molecular formula is C6H8O2. The van der Waals surface area contributed by atoms with Crippen LogP contribution in [-0.4, -0.2) is 23.4 Å². The van der Waals surface area contributed by atoms with Gasteiger partial charge in [0.2, 0.25) is 0 Å². The fourth-order valence-electron chi connectivity index (χ4n) is 0.209. The van der Waals surface area contributed by atoms with Gasteiger partial charge in [0, 0.05) is 0 Å². The molecule has 0 aromatic carbocycles. The summed E-state index contributed by atoms with van der Waals surface area (Å²) >= 11 is 0. The summed E-state index contributed by atoms with van der Waals surface area (Å²) in [7, 11) is 0. The molecule has 0 unspecified atom stereocenters. The summed E-state index contributed by atoms with van der Waals surface area (Å²) in [5.74, 6) is 0. The topological polar surface area (TPSA) is 40.5 Å². The highest BCUT2D eigenvalue weighted by Gasteiger charge is 1.56. The summed E-state index contributed by atoms with van der Waals surface area (Å²) in [6.45, 7) is -0.0709. The van der Waals surface area contributed by atoms with Gasteiger partial charge in [-0.1, -0.05) is 11.5 Å². The standard InChI is InChI=1S/C6H8O2/c7-5-3-1-2-4-6-8/h3-4,7-8H,5-6H2. The Balaban J connectivity index is 3.61. The minimum absolute atomic E-state index is 0.0354. The van der Waals surface area contributed by atoms with Crippen molar-refractivity contribution < 1.29 is 10.2 Å². The van der Waals surface area contributed by atoms with Gasteiger partial charge in [-0.3, -0.25) is 0 Å². The molecule has 0 heterocycles. The Hall–Kier alpha value is -0.780. The molecule has 0 amide bonds. The second-order valence-electron chi connectivity index (χ2n) is 1.06. The van der Waals surface area contributed by atoms with Gasteiger partial charge in [-0.25, -0.2) is 0 Å². The molecule has 0 saturated carbocycles. The van der Waals surface area contributed by atoms with E-state index in [4.69, 9.17) is 10.2 Å². The summed E-state index contributed by atoms with van der Waals surface area (Å²) in [6, 6.07) is 0. The molecule has 0 saturated heterocycles. The third-order valence-electron chi connectivity index (χ3n) is 0.470. The molecule has 0 spiro atoms. The molecule has 0 atom stereocenters. The van der Waals surface area contributed by atoms with Gasteiger partial charge in [-0.15, -0.1) is 0 Å². The maximum Gasteiger partial charge on any atom is 0.0692 e. The Kier molecular flexibility index (Phi) is 5.61. The highest BCUT2D eigenvalue weighted by atomic mass is 16.3. The van der Waals surface area contributed by atoms with Crippen LogP contribution in [0.2, 0.25) is 0 Å². The normalized spacial score (nSPS) is 6.75. The van der Waals surface area contributed by atoms with Gasteiger partial charge in [0.05, 0.1) is 13.2 Å². The van der Waals surface area contributed by atoms with E-state index in [1.54, 1.807) is 0 Å². The zero-order chi connectivity index (χ0) is 6.24. The fraction of sp³-hybridized carbons (Fsp3) is 0.333. The highest BCUT2D eigenvalue weighted by Crippen LogP contribution is 1.61. The van der Waals surface area contributed by atoms with Crippen LogP contribution in [-0.2, 0) is 0 Å². The van der Waals surface area contributed by atoms with Crippen LogP contribution in [0.4, 0.5) is 0 Å². The lowest BCUT2D eigenvalue weighted by atomic mass is 10.6. The van der Waals surface area contributed by atoms with E-state index in [1.165, 1.54) is 12.2 Å². The quantitative estimate of drug-likeness (QED) is 0.487. The van der Waals surface area contributed by atoms with Crippen molar-refractivity contribution in [3.63, 3.8) is 0 Å². The molecule has 0 bridgehead atoms. The Morgan fingerprint density at radius 3 is 1.62 bits per heavy atom. The number of aliphatic hydroxyl groups excluding tert-OH is 2. The van der Waals surface area contributed by atoms with Crippen molar-refractivity contribution in [3.05, 3.63) is 23.6 Å². The van der Waals surface area contributed by atoms with E-state index in [-0.39, 0.29) is 13.2 Å². The van der Waals surface area contributed by atoms with E-state index in [0.717, 1.165) is 0 Å². The molecule has 44 valence electrons. The minimum atomic E-state index is -0.0354. The first-order valence-electron chi connectivity index (χ1n) is 2.28. The first-order valence-corrected chi connectivity index (χ1v) is 2.28. The summed E-state index contributed by atoms with van der Waals surface area (Å²) in [5.41, 5.74) is 4.99. The average molecular weight is 112 g/mol. The lowest BCUT2D eigenvalue weighted by Gasteiger charge is -1.65. The van der Waals surface area contributed by atoms with Gasteiger partial charge in [0.25, 0.3) is 0 Å². The van der Waals surface area contributed by atoms with E-state index in [0.29, 0.717) is 0 Å². The average Bonchev–Trinajstić information content (AvgIpc) is 1.81. The van der Waals surface area contributed by atoms with Gasteiger partial charge < -0.3 is 10.2 Å². The highest BCUT2D eigenvalue weighted by molar-refractivity contribution is 4.85. The van der Waals surface area contributed by atoms with Gasteiger partial charge in [-0.2, -0.15) is 0 Å². The minimum Gasteiger partial charge on any atom is -0.392 e. The first kappa shape index (κ1) is 7.22. The third kappa shape index (κ3) is 5.22. The van der Waals surface area contributed by atoms with Crippen molar-refractivity contribution >= 4 is 0 Å². The fourth-order valence-corrected chi connectivity index (χ4v) is 0.209. The van der Waals surface area contributed by atoms with Gasteiger partial charge in [0.15, 0.2) is 0 Å².